The van der Waals surface area contributed by atoms with E-state index in [4.69, 9.17) is 4.74 Å². The van der Waals surface area contributed by atoms with E-state index >= 15 is 0 Å². The number of ether oxygens (including phenoxy) is 1. The molecule has 0 radical (unpaired) electrons. The van der Waals surface area contributed by atoms with Gasteiger partial charge in [0.25, 0.3) is 5.91 Å². The van der Waals surface area contributed by atoms with Crippen molar-refractivity contribution in [3.05, 3.63) is 64.6 Å². The number of nitrogens with zero attached hydrogens (tertiary/aromatic N) is 4. The highest BCUT2D eigenvalue weighted by molar-refractivity contribution is 6.19. The van der Waals surface area contributed by atoms with Crippen molar-refractivity contribution in [1.82, 2.24) is 19.7 Å². The molecule has 2 aromatic carbocycles. The molecule has 1 saturated heterocycles. The van der Waals surface area contributed by atoms with E-state index in [0.29, 0.717) is 17.1 Å². The van der Waals surface area contributed by atoms with Crippen molar-refractivity contribution in [3.8, 4) is 17.1 Å². The SMILES string of the molecule is COc1ccc(-c2nn(CCNC(=O)c3ccc(N4C(=O)CCC4=O)cc3)c(=O)n2C2CC2)cc1. The maximum atomic E-state index is 13.0. The van der Waals surface area contributed by atoms with Gasteiger partial charge in [0.1, 0.15) is 5.75 Å². The number of rotatable bonds is 8. The second kappa shape index (κ2) is 9.21. The topological polar surface area (TPSA) is 116 Å². The van der Waals surface area contributed by atoms with Crippen molar-refractivity contribution in [1.29, 1.82) is 0 Å². The molecule has 35 heavy (non-hydrogen) atoms. The molecule has 0 bridgehead atoms. The molecule has 1 aliphatic carbocycles. The minimum absolute atomic E-state index is 0.149. The van der Waals surface area contributed by atoms with Crippen molar-refractivity contribution < 1.29 is 19.1 Å². The first-order valence-electron chi connectivity index (χ1n) is 11.5. The normalized spacial score (nSPS) is 15.5. The highest BCUT2D eigenvalue weighted by atomic mass is 16.5. The predicted octanol–water partition coefficient (Wildman–Crippen LogP) is 2.14. The fourth-order valence-corrected chi connectivity index (χ4v) is 4.17. The average molecular weight is 476 g/mol. The summed E-state index contributed by atoms with van der Waals surface area (Å²) in [6.07, 6.45) is 2.29. The van der Waals surface area contributed by atoms with Gasteiger partial charge in [0.2, 0.25) is 11.8 Å². The minimum atomic E-state index is -0.319. The first kappa shape index (κ1) is 22.6. The highest BCUT2D eigenvalue weighted by Crippen LogP contribution is 2.36. The van der Waals surface area contributed by atoms with Gasteiger partial charge in [0.15, 0.2) is 5.82 Å². The van der Waals surface area contributed by atoms with Crippen molar-refractivity contribution in [3.63, 3.8) is 0 Å². The van der Waals surface area contributed by atoms with Gasteiger partial charge < -0.3 is 10.1 Å². The number of carbonyl (C=O) groups is 3. The zero-order valence-electron chi connectivity index (χ0n) is 19.3. The van der Waals surface area contributed by atoms with E-state index < -0.39 is 0 Å². The molecule has 2 aliphatic rings. The number of anilines is 1. The van der Waals surface area contributed by atoms with E-state index in [1.807, 2.05) is 24.3 Å². The number of hydrogen-bond donors (Lipinski definition) is 1. The van der Waals surface area contributed by atoms with Crippen molar-refractivity contribution in [2.24, 2.45) is 0 Å². The Balaban J connectivity index is 1.25. The van der Waals surface area contributed by atoms with E-state index in [0.717, 1.165) is 29.1 Å². The van der Waals surface area contributed by atoms with Crippen LogP contribution in [0.25, 0.3) is 11.4 Å². The summed E-state index contributed by atoms with van der Waals surface area (Å²) in [5.74, 6) is 0.534. The van der Waals surface area contributed by atoms with Crippen LogP contribution in [0.3, 0.4) is 0 Å². The molecule has 2 heterocycles. The molecule has 0 unspecified atom stereocenters. The monoisotopic (exact) mass is 475 g/mol. The van der Waals surface area contributed by atoms with E-state index in [1.54, 1.807) is 35.9 Å². The molecule has 1 saturated carbocycles. The summed E-state index contributed by atoms with van der Waals surface area (Å²) in [5, 5.41) is 7.34. The zero-order valence-corrected chi connectivity index (χ0v) is 19.3. The lowest BCUT2D eigenvalue weighted by molar-refractivity contribution is -0.121. The molecule has 1 aliphatic heterocycles. The Kier molecular flexibility index (Phi) is 5.94. The van der Waals surface area contributed by atoms with Crippen LogP contribution in [0.4, 0.5) is 5.69 Å². The third kappa shape index (κ3) is 4.46. The number of amides is 3. The number of nitrogens with one attached hydrogen (secondary N) is 1. The number of carbonyl (C=O) groups excluding carboxylic acids is 3. The van der Waals surface area contributed by atoms with Gasteiger partial charge in [0.05, 0.1) is 19.3 Å². The Hall–Kier alpha value is -4.21. The van der Waals surface area contributed by atoms with Gasteiger partial charge >= 0.3 is 5.69 Å². The molecule has 0 spiro atoms. The molecule has 1 N–H and O–H groups in total. The number of aromatic nitrogens is 3. The number of methoxy groups -OCH3 is 1. The standard InChI is InChI=1S/C25H25N5O5/c1-35-20-10-4-16(5-11-20)23-27-28(25(34)30(23)19-8-9-19)15-14-26-24(33)17-2-6-18(7-3-17)29-21(31)12-13-22(29)32/h2-7,10-11,19H,8-9,12-15H2,1H3,(H,26,33). The number of hydrogen-bond acceptors (Lipinski definition) is 6. The average Bonchev–Trinajstić information content (AvgIpc) is 3.58. The third-order valence-electron chi connectivity index (χ3n) is 6.18. The minimum Gasteiger partial charge on any atom is -0.497 e. The molecule has 3 amide bonds. The molecule has 3 aromatic rings. The van der Waals surface area contributed by atoms with Crippen LogP contribution in [0.1, 0.15) is 42.1 Å². The molecule has 2 fully saturated rings. The van der Waals surface area contributed by atoms with Gasteiger partial charge in [-0.2, -0.15) is 0 Å². The summed E-state index contributed by atoms with van der Waals surface area (Å²) in [5.41, 5.74) is 1.48. The van der Waals surface area contributed by atoms with Crippen LogP contribution >= 0.6 is 0 Å². The highest BCUT2D eigenvalue weighted by Gasteiger charge is 2.31. The van der Waals surface area contributed by atoms with Crippen LogP contribution in [-0.2, 0) is 16.1 Å². The molecule has 5 rings (SSSR count). The van der Waals surface area contributed by atoms with Crippen LogP contribution in [0.15, 0.2) is 53.3 Å². The maximum Gasteiger partial charge on any atom is 0.346 e. The van der Waals surface area contributed by atoms with Crippen molar-refractivity contribution in [2.45, 2.75) is 38.3 Å². The van der Waals surface area contributed by atoms with Crippen LogP contribution in [0, 0.1) is 0 Å². The molecular weight excluding hydrogens is 450 g/mol. The molecule has 0 atom stereocenters. The fraction of sp³-hybridized carbons (Fsp3) is 0.320. The second-order valence-electron chi connectivity index (χ2n) is 8.58. The van der Waals surface area contributed by atoms with E-state index in [2.05, 4.69) is 10.4 Å². The largest absolute Gasteiger partial charge is 0.497 e. The first-order chi connectivity index (χ1) is 17.0. The lowest BCUT2D eigenvalue weighted by atomic mass is 10.2. The van der Waals surface area contributed by atoms with Crippen LogP contribution in [-0.4, -0.2) is 45.7 Å². The maximum absolute atomic E-state index is 13.0. The van der Waals surface area contributed by atoms with Gasteiger partial charge in [0, 0.05) is 36.6 Å². The van der Waals surface area contributed by atoms with Crippen LogP contribution in [0.2, 0.25) is 0 Å². The summed E-state index contributed by atoms with van der Waals surface area (Å²) in [7, 11) is 1.60. The number of imide groups is 1. The van der Waals surface area contributed by atoms with E-state index in [9.17, 15) is 19.2 Å². The predicted molar refractivity (Wildman–Crippen MR) is 127 cm³/mol. The van der Waals surface area contributed by atoms with Crippen LogP contribution < -0.4 is 20.6 Å². The van der Waals surface area contributed by atoms with Crippen molar-refractivity contribution in [2.75, 3.05) is 18.6 Å². The Labute approximate surface area is 201 Å². The van der Waals surface area contributed by atoms with Gasteiger partial charge in [-0.15, -0.1) is 5.10 Å². The second-order valence-corrected chi connectivity index (χ2v) is 8.58. The fourth-order valence-electron chi connectivity index (χ4n) is 4.17. The lowest BCUT2D eigenvalue weighted by Gasteiger charge is -2.14. The number of benzene rings is 2. The van der Waals surface area contributed by atoms with Gasteiger partial charge in [-0.25, -0.2) is 9.48 Å². The van der Waals surface area contributed by atoms with E-state index in [1.165, 1.54) is 4.68 Å². The molecule has 10 heteroatoms. The van der Waals surface area contributed by atoms with Crippen LogP contribution in [0.5, 0.6) is 5.75 Å². The Bertz CT molecular complexity index is 1320. The Morgan fingerprint density at radius 3 is 2.26 bits per heavy atom. The first-order valence-corrected chi connectivity index (χ1v) is 11.5. The molecular formula is C25H25N5O5. The van der Waals surface area contributed by atoms with Gasteiger partial charge in [-0.05, 0) is 61.4 Å². The zero-order chi connectivity index (χ0) is 24.5. The Morgan fingerprint density at radius 2 is 1.66 bits per heavy atom. The van der Waals surface area contributed by atoms with E-state index in [-0.39, 0.29) is 55.4 Å². The quantitative estimate of drug-likeness (QED) is 0.499. The Morgan fingerprint density at radius 1 is 1.00 bits per heavy atom. The molecule has 1 aromatic heterocycles. The third-order valence-corrected chi connectivity index (χ3v) is 6.18. The summed E-state index contributed by atoms with van der Waals surface area (Å²) in [4.78, 5) is 50.5. The molecule has 180 valence electrons. The van der Waals surface area contributed by atoms with Gasteiger partial charge in [-0.1, -0.05) is 0 Å². The van der Waals surface area contributed by atoms with Gasteiger partial charge in [-0.3, -0.25) is 23.9 Å². The smallest absolute Gasteiger partial charge is 0.346 e. The summed E-state index contributed by atoms with van der Waals surface area (Å²) < 4.78 is 8.32. The molecule has 10 nitrogen and oxygen atoms in total. The van der Waals surface area contributed by atoms with Crippen molar-refractivity contribution >= 4 is 23.4 Å². The summed E-state index contributed by atoms with van der Waals surface area (Å²) >= 11 is 0. The summed E-state index contributed by atoms with van der Waals surface area (Å²) in [6, 6.07) is 13.9. The summed E-state index contributed by atoms with van der Waals surface area (Å²) in [6.45, 7) is 0.440. The lowest BCUT2D eigenvalue weighted by Crippen LogP contribution is -2.32.